The second-order valence-corrected chi connectivity index (χ2v) is 7.70. The molecule has 0 bridgehead atoms. The highest BCUT2D eigenvalue weighted by Gasteiger charge is 2.26. The Morgan fingerprint density at radius 2 is 1.67 bits per heavy atom. The monoisotopic (exact) mass is 414 g/mol. The Hall–Kier alpha value is -3.44. The number of fused-ring (bicyclic) bond motifs is 1. The van der Waals surface area contributed by atoms with E-state index in [4.69, 9.17) is 11.6 Å². The number of benzene rings is 3. The van der Waals surface area contributed by atoms with Crippen LogP contribution in [0, 0.1) is 0 Å². The van der Waals surface area contributed by atoms with Crippen molar-refractivity contribution in [1.29, 1.82) is 0 Å². The summed E-state index contributed by atoms with van der Waals surface area (Å²) in [5, 5.41) is 5.18. The number of amides is 1. The van der Waals surface area contributed by atoms with Gasteiger partial charge in [-0.15, -0.1) is 5.10 Å². The number of carbonyl (C=O) groups is 1. The number of aromatic nitrogens is 3. The molecule has 0 N–H and O–H groups in total. The summed E-state index contributed by atoms with van der Waals surface area (Å²) in [6.07, 6.45) is 0.836. The van der Waals surface area contributed by atoms with Gasteiger partial charge >= 0.3 is 0 Å². The van der Waals surface area contributed by atoms with Crippen LogP contribution < -0.4 is 0 Å². The third-order valence-electron chi connectivity index (χ3n) is 5.30. The zero-order valence-electron chi connectivity index (χ0n) is 16.2. The van der Waals surface area contributed by atoms with Gasteiger partial charge in [0.05, 0.1) is 5.69 Å². The summed E-state index contributed by atoms with van der Waals surface area (Å²) >= 11 is 6.20. The lowest BCUT2D eigenvalue weighted by atomic mass is 10.00. The summed E-state index contributed by atoms with van der Waals surface area (Å²) in [6, 6.07) is 25.4. The molecule has 1 aliphatic rings. The maximum absolute atomic E-state index is 13.3. The largest absolute Gasteiger partial charge is 0.331 e. The predicted octanol–water partition coefficient (Wildman–Crippen LogP) is 4.79. The maximum atomic E-state index is 13.3. The van der Waals surface area contributed by atoms with E-state index in [1.807, 2.05) is 65.6 Å². The molecule has 0 aliphatic carbocycles. The van der Waals surface area contributed by atoms with Crippen LogP contribution in [0.3, 0.4) is 0 Å². The molecule has 30 heavy (non-hydrogen) atoms. The minimum Gasteiger partial charge on any atom is -0.331 e. The predicted molar refractivity (Wildman–Crippen MR) is 117 cm³/mol. The van der Waals surface area contributed by atoms with Crippen LogP contribution in [0.1, 0.15) is 21.7 Å². The van der Waals surface area contributed by atoms with Crippen molar-refractivity contribution in [3.8, 4) is 17.1 Å². The van der Waals surface area contributed by atoms with Crippen molar-refractivity contribution >= 4 is 17.5 Å². The zero-order valence-corrected chi connectivity index (χ0v) is 17.0. The van der Waals surface area contributed by atoms with Crippen LogP contribution in [-0.2, 0) is 13.0 Å². The summed E-state index contributed by atoms with van der Waals surface area (Å²) in [7, 11) is 0. The molecule has 4 aromatic rings. The van der Waals surface area contributed by atoms with Crippen LogP contribution in [0.2, 0.25) is 5.02 Å². The third kappa shape index (κ3) is 3.48. The van der Waals surface area contributed by atoms with E-state index in [1.54, 1.807) is 10.7 Å². The summed E-state index contributed by atoms with van der Waals surface area (Å²) in [4.78, 5) is 19.7. The first-order valence-corrected chi connectivity index (χ1v) is 10.2. The van der Waals surface area contributed by atoms with E-state index in [2.05, 4.69) is 22.2 Å². The van der Waals surface area contributed by atoms with Gasteiger partial charge in [0, 0.05) is 23.7 Å². The third-order valence-corrected chi connectivity index (χ3v) is 5.54. The highest BCUT2D eigenvalue weighted by Crippen LogP contribution is 2.25. The van der Waals surface area contributed by atoms with Crippen LogP contribution in [0.25, 0.3) is 17.1 Å². The molecule has 148 valence electrons. The van der Waals surface area contributed by atoms with Gasteiger partial charge in [-0.25, -0.2) is 9.67 Å². The fourth-order valence-electron chi connectivity index (χ4n) is 3.78. The Labute approximate surface area is 179 Å². The highest BCUT2D eigenvalue weighted by molar-refractivity contribution is 6.30. The first-order valence-electron chi connectivity index (χ1n) is 9.83. The van der Waals surface area contributed by atoms with Crippen molar-refractivity contribution < 1.29 is 4.79 Å². The smallest absolute Gasteiger partial charge is 0.293 e. The fourth-order valence-corrected chi connectivity index (χ4v) is 3.96. The molecule has 0 unspecified atom stereocenters. The number of carbonyl (C=O) groups excluding carboxylic acids is 1. The Kier molecular flexibility index (Phi) is 4.81. The lowest BCUT2D eigenvalue weighted by Gasteiger charge is -2.27. The summed E-state index contributed by atoms with van der Waals surface area (Å²) < 4.78 is 1.69. The quantitative estimate of drug-likeness (QED) is 0.484. The van der Waals surface area contributed by atoms with Crippen LogP contribution in [-0.4, -0.2) is 32.1 Å². The Morgan fingerprint density at radius 3 is 2.47 bits per heavy atom. The first-order chi connectivity index (χ1) is 14.7. The number of halogens is 1. The van der Waals surface area contributed by atoms with E-state index in [1.165, 1.54) is 11.1 Å². The number of hydrogen-bond donors (Lipinski definition) is 0. The van der Waals surface area contributed by atoms with Gasteiger partial charge in [0.2, 0.25) is 5.82 Å². The zero-order chi connectivity index (χ0) is 20.5. The summed E-state index contributed by atoms with van der Waals surface area (Å²) in [5.41, 5.74) is 4.11. The van der Waals surface area contributed by atoms with Crippen LogP contribution in [0.5, 0.6) is 0 Å². The molecule has 0 fully saturated rings. The van der Waals surface area contributed by atoms with E-state index in [9.17, 15) is 4.79 Å². The molecule has 0 saturated heterocycles. The van der Waals surface area contributed by atoms with Gasteiger partial charge in [0.25, 0.3) is 5.91 Å². The Morgan fingerprint density at radius 1 is 0.900 bits per heavy atom. The number of nitrogens with zero attached hydrogens (tertiary/aromatic N) is 4. The van der Waals surface area contributed by atoms with E-state index < -0.39 is 0 Å². The molecule has 1 aliphatic heterocycles. The van der Waals surface area contributed by atoms with Gasteiger partial charge in [-0.3, -0.25) is 4.79 Å². The molecule has 0 atom stereocenters. The molecule has 0 saturated carbocycles. The summed E-state index contributed by atoms with van der Waals surface area (Å²) in [6.45, 7) is 1.23. The standard InChI is InChI=1S/C24H19ClN4O/c25-20-11-6-12-21(15-20)29-23(18-8-2-1-3-9-18)26-22(27-29)24(30)28-14-13-17-7-4-5-10-19(17)16-28/h1-12,15H,13-14,16H2. The molecule has 2 heterocycles. The van der Waals surface area contributed by atoms with E-state index in [0.29, 0.717) is 23.9 Å². The molecular weight excluding hydrogens is 396 g/mol. The highest BCUT2D eigenvalue weighted by atomic mass is 35.5. The molecular formula is C24H19ClN4O. The lowest BCUT2D eigenvalue weighted by Crippen LogP contribution is -2.36. The first kappa shape index (κ1) is 18.6. The van der Waals surface area contributed by atoms with E-state index >= 15 is 0 Å². The van der Waals surface area contributed by atoms with Gasteiger partial charge in [0.1, 0.15) is 0 Å². The average Bonchev–Trinajstić information content (AvgIpc) is 3.24. The number of hydrogen-bond acceptors (Lipinski definition) is 3. The Bertz CT molecular complexity index is 1220. The molecule has 3 aromatic carbocycles. The average molecular weight is 415 g/mol. The van der Waals surface area contributed by atoms with Crippen LogP contribution in [0.4, 0.5) is 0 Å². The van der Waals surface area contributed by atoms with Crippen LogP contribution >= 0.6 is 11.6 Å². The van der Waals surface area contributed by atoms with Crippen molar-refractivity contribution in [2.75, 3.05) is 6.54 Å². The number of rotatable bonds is 3. The van der Waals surface area contributed by atoms with Crippen molar-refractivity contribution in [2.45, 2.75) is 13.0 Å². The van der Waals surface area contributed by atoms with Crippen molar-refractivity contribution in [1.82, 2.24) is 19.7 Å². The van der Waals surface area contributed by atoms with Crippen LogP contribution in [0.15, 0.2) is 78.9 Å². The van der Waals surface area contributed by atoms with E-state index in [0.717, 1.165) is 17.7 Å². The van der Waals surface area contributed by atoms with Gasteiger partial charge in [-0.05, 0) is 35.7 Å². The van der Waals surface area contributed by atoms with Gasteiger partial charge in [-0.2, -0.15) is 0 Å². The van der Waals surface area contributed by atoms with E-state index in [-0.39, 0.29) is 11.7 Å². The molecule has 1 amide bonds. The Balaban J connectivity index is 1.54. The molecule has 5 rings (SSSR count). The normalized spacial score (nSPS) is 13.2. The van der Waals surface area contributed by atoms with Crippen molar-refractivity contribution in [3.63, 3.8) is 0 Å². The maximum Gasteiger partial charge on any atom is 0.293 e. The summed E-state index contributed by atoms with van der Waals surface area (Å²) in [5.74, 6) is 0.634. The topological polar surface area (TPSA) is 51.0 Å². The second-order valence-electron chi connectivity index (χ2n) is 7.26. The molecule has 0 spiro atoms. The van der Waals surface area contributed by atoms with Crippen molar-refractivity contribution in [2.24, 2.45) is 0 Å². The fraction of sp³-hybridized carbons (Fsp3) is 0.125. The minimum absolute atomic E-state index is 0.164. The lowest BCUT2D eigenvalue weighted by molar-refractivity contribution is 0.0722. The van der Waals surface area contributed by atoms with Crippen molar-refractivity contribution in [3.05, 3.63) is 101 Å². The van der Waals surface area contributed by atoms with Gasteiger partial charge < -0.3 is 4.90 Å². The molecule has 0 radical (unpaired) electrons. The van der Waals surface area contributed by atoms with Gasteiger partial charge in [0.15, 0.2) is 5.82 Å². The molecule has 6 heteroatoms. The SMILES string of the molecule is O=C(c1nc(-c2ccccc2)n(-c2cccc(Cl)c2)n1)N1CCc2ccccc2C1. The van der Waals surface area contributed by atoms with Gasteiger partial charge in [-0.1, -0.05) is 72.3 Å². The molecule has 1 aromatic heterocycles. The second kappa shape index (κ2) is 7.76. The molecule has 5 nitrogen and oxygen atoms in total. The minimum atomic E-state index is -0.164.